The molecule has 7 nitrogen and oxygen atoms in total. The summed E-state index contributed by atoms with van der Waals surface area (Å²) in [6.45, 7) is 11.4. The number of aryl methyl sites for hydroxylation is 1. The second-order valence-electron chi connectivity index (χ2n) is 6.28. The van der Waals surface area contributed by atoms with Crippen molar-refractivity contribution >= 4 is 17.7 Å². The lowest BCUT2D eigenvalue weighted by Gasteiger charge is -2.18. The van der Waals surface area contributed by atoms with Gasteiger partial charge in [-0.15, -0.1) is 0 Å². The molecular weight excluding hydrogens is 328 g/mol. The number of H-pyrrole nitrogens is 1. The molecule has 3 rings (SSSR count). The van der Waals surface area contributed by atoms with Gasteiger partial charge in [-0.1, -0.05) is 13.8 Å². The van der Waals surface area contributed by atoms with E-state index in [4.69, 9.17) is 0 Å². The number of hydrogen-bond acceptors (Lipinski definition) is 5. The molecular formula is C19H24N6O. The third-order valence-corrected chi connectivity index (χ3v) is 4.77. The molecule has 2 aromatic heterocycles. The summed E-state index contributed by atoms with van der Waals surface area (Å²) < 4.78 is 0. The van der Waals surface area contributed by atoms with E-state index in [1.54, 1.807) is 18.6 Å². The molecule has 0 atom stereocenters. The molecule has 0 radical (unpaired) electrons. The average molecular weight is 352 g/mol. The Hall–Kier alpha value is -2.80. The van der Waals surface area contributed by atoms with Crippen LogP contribution in [-0.2, 0) is 11.3 Å². The molecule has 7 heteroatoms. The van der Waals surface area contributed by atoms with Crippen molar-refractivity contribution in [3.8, 4) is 0 Å². The number of nitrogens with zero attached hydrogens (tertiary/aromatic N) is 4. The molecule has 0 aromatic carbocycles. The topological polar surface area (TPSA) is 86.3 Å². The number of carbonyl (C=O) groups excluding carboxylic acids is 1. The van der Waals surface area contributed by atoms with Crippen LogP contribution < -0.4 is 5.43 Å². The number of hydrazone groups is 1. The van der Waals surface area contributed by atoms with Gasteiger partial charge in [0.25, 0.3) is 5.91 Å². The Morgan fingerprint density at radius 1 is 1.19 bits per heavy atom. The summed E-state index contributed by atoms with van der Waals surface area (Å²) in [5, 5.41) is 4.12. The van der Waals surface area contributed by atoms with Gasteiger partial charge in [0.2, 0.25) is 0 Å². The highest BCUT2D eigenvalue weighted by molar-refractivity contribution is 6.32. The standard InChI is InChI=1S/C19H24N6O/c1-5-25(6-2)11-15-12(3)16(22-13(15)4)9-14-18(23-24-19(14)26)17-10-20-7-8-21-17/h7-10,22H,5-6,11H2,1-4H3,(H,24,26). The number of aromatic amines is 1. The van der Waals surface area contributed by atoms with Gasteiger partial charge in [-0.25, -0.2) is 5.43 Å². The van der Waals surface area contributed by atoms with Crippen molar-refractivity contribution in [2.75, 3.05) is 13.1 Å². The van der Waals surface area contributed by atoms with Crippen molar-refractivity contribution in [1.82, 2.24) is 25.3 Å². The zero-order valence-corrected chi connectivity index (χ0v) is 15.6. The smallest absolute Gasteiger partial charge is 0.273 e. The van der Waals surface area contributed by atoms with E-state index in [1.165, 1.54) is 5.56 Å². The van der Waals surface area contributed by atoms with Crippen LogP contribution in [0.5, 0.6) is 0 Å². The molecule has 3 heterocycles. The molecule has 0 fully saturated rings. The Kier molecular flexibility index (Phi) is 5.27. The van der Waals surface area contributed by atoms with Crippen molar-refractivity contribution < 1.29 is 4.79 Å². The van der Waals surface area contributed by atoms with Crippen LogP contribution >= 0.6 is 0 Å². The van der Waals surface area contributed by atoms with Crippen LogP contribution in [0.2, 0.25) is 0 Å². The maximum Gasteiger partial charge on any atom is 0.273 e. The Morgan fingerprint density at radius 2 is 1.96 bits per heavy atom. The van der Waals surface area contributed by atoms with E-state index in [0.29, 0.717) is 17.0 Å². The second kappa shape index (κ2) is 7.61. The highest BCUT2D eigenvalue weighted by Gasteiger charge is 2.26. The lowest BCUT2D eigenvalue weighted by Crippen LogP contribution is -2.22. The molecule has 0 saturated carbocycles. The molecule has 0 bridgehead atoms. The summed E-state index contributed by atoms with van der Waals surface area (Å²) in [5.41, 5.74) is 8.57. The Balaban J connectivity index is 1.96. The van der Waals surface area contributed by atoms with Gasteiger partial charge in [0.05, 0.1) is 11.8 Å². The normalized spacial score (nSPS) is 15.7. The van der Waals surface area contributed by atoms with E-state index in [9.17, 15) is 4.79 Å². The SMILES string of the molecule is CCN(CC)Cc1c(C)[nH]c(C=C2C(=O)NN=C2c2cnccn2)c1C. The van der Waals surface area contributed by atoms with Gasteiger partial charge in [-0.3, -0.25) is 19.7 Å². The number of nitrogens with one attached hydrogen (secondary N) is 2. The first-order valence-corrected chi connectivity index (χ1v) is 8.82. The molecule has 1 amide bonds. The number of rotatable bonds is 6. The van der Waals surface area contributed by atoms with E-state index in [2.05, 4.69) is 58.1 Å². The molecule has 1 aliphatic heterocycles. The molecule has 2 N–H and O–H groups in total. The maximum absolute atomic E-state index is 12.3. The fourth-order valence-electron chi connectivity index (χ4n) is 3.10. The largest absolute Gasteiger partial charge is 0.359 e. The first-order chi connectivity index (χ1) is 12.5. The van der Waals surface area contributed by atoms with Crippen LogP contribution in [0.3, 0.4) is 0 Å². The van der Waals surface area contributed by atoms with Gasteiger partial charge in [0.1, 0.15) is 11.4 Å². The zero-order chi connectivity index (χ0) is 18.7. The van der Waals surface area contributed by atoms with Crippen molar-refractivity contribution in [1.29, 1.82) is 0 Å². The second-order valence-corrected chi connectivity index (χ2v) is 6.28. The molecule has 136 valence electrons. The molecule has 0 unspecified atom stereocenters. The number of aromatic nitrogens is 3. The monoisotopic (exact) mass is 352 g/mol. The summed E-state index contributed by atoms with van der Waals surface area (Å²) in [5.74, 6) is -0.234. The summed E-state index contributed by atoms with van der Waals surface area (Å²) >= 11 is 0. The third-order valence-electron chi connectivity index (χ3n) is 4.77. The van der Waals surface area contributed by atoms with Gasteiger partial charge in [-0.05, 0) is 44.1 Å². The first kappa shape index (κ1) is 18.0. The van der Waals surface area contributed by atoms with Crippen LogP contribution in [0.1, 0.15) is 42.1 Å². The molecule has 0 spiro atoms. The highest BCUT2D eigenvalue weighted by Crippen LogP contribution is 2.23. The molecule has 0 aliphatic carbocycles. The van der Waals surface area contributed by atoms with Crippen LogP contribution in [0.15, 0.2) is 29.3 Å². The van der Waals surface area contributed by atoms with E-state index in [0.717, 1.165) is 36.6 Å². The average Bonchev–Trinajstić information content (AvgIpc) is 3.14. The fourth-order valence-corrected chi connectivity index (χ4v) is 3.10. The lowest BCUT2D eigenvalue weighted by molar-refractivity contribution is -0.116. The van der Waals surface area contributed by atoms with E-state index < -0.39 is 0 Å². The van der Waals surface area contributed by atoms with Crippen molar-refractivity contribution in [2.45, 2.75) is 34.2 Å². The molecule has 26 heavy (non-hydrogen) atoms. The Morgan fingerprint density at radius 3 is 2.62 bits per heavy atom. The third kappa shape index (κ3) is 3.43. The van der Waals surface area contributed by atoms with Crippen molar-refractivity contribution in [3.63, 3.8) is 0 Å². The fraction of sp³-hybridized carbons (Fsp3) is 0.368. The first-order valence-electron chi connectivity index (χ1n) is 8.82. The lowest BCUT2D eigenvalue weighted by atomic mass is 10.0. The summed E-state index contributed by atoms with van der Waals surface area (Å²) in [7, 11) is 0. The summed E-state index contributed by atoms with van der Waals surface area (Å²) in [6.07, 6.45) is 6.63. The number of amides is 1. The van der Waals surface area contributed by atoms with E-state index in [-0.39, 0.29) is 5.91 Å². The van der Waals surface area contributed by atoms with Crippen molar-refractivity contribution in [2.24, 2.45) is 5.10 Å². The van der Waals surface area contributed by atoms with Crippen molar-refractivity contribution in [3.05, 3.63) is 52.4 Å². The van der Waals surface area contributed by atoms with Gasteiger partial charge >= 0.3 is 0 Å². The minimum absolute atomic E-state index is 0.234. The Bertz CT molecular complexity index is 862. The van der Waals surface area contributed by atoms with Gasteiger partial charge < -0.3 is 4.98 Å². The predicted molar refractivity (Wildman–Crippen MR) is 102 cm³/mol. The summed E-state index contributed by atoms with van der Waals surface area (Å²) in [6, 6.07) is 0. The van der Waals surface area contributed by atoms with Crippen LogP contribution in [0.4, 0.5) is 0 Å². The van der Waals surface area contributed by atoms with Crippen LogP contribution in [0.25, 0.3) is 6.08 Å². The molecule has 0 saturated heterocycles. The zero-order valence-electron chi connectivity index (χ0n) is 15.6. The predicted octanol–water partition coefficient (Wildman–Crippen LogP) is 2.18. The minimum Gasteiger partial charge on any atom is -0.359 e. The Labute approximate surface area is 153 Å². The van der Waals surface area contributed by atoms with Crippen LogP contribution in [0, 0.1) is 13.8 Å². The van der Waals surface area contributed by atoms with Gasteiger partial charge in [-0.2, -0.15) is 5.10 Å². The van der Waals surface area contributed by atoms with Gasteiger partial charge in [0.15, 0.2) is 0 Å². The van der Waals surface area contributed by atoms with Gasteiger partial charge in [0, 0.05) is 30.3 Å². The minimum atomic E-state index is -0.234. The maximum atomic E-state index is 12.3. The molecule has 2 aromatic rings. The quantitative estimate of drug-likeness (QED) is 0.780. The number of hydrogen-bond donors (Lipinski definition) is 2. The molecule has 1 aliphatic rings. The van der Waals surface area contributed by atoms with Crippen LogP contribution in [-0.4, -0.2) is 44.6 Å². The number of carbonyl (C=O) groups is 1. The summed E-state index contributed by atoms with van der Waals surface area (Å²) in [4.78, 5) is 26.4. The van der Waals surface area contributed by atoms with E-state index in [1.807, 2.05) is 6.08 Å². The highest BCUT2D eigenvalue weighted by atomic mass is 16.2. The van der Waals surface area contributed by atoms with E-state index >= 15 is 0 Å².